The summed E-state index contributed by atoms with van der Waals surface area (Å²) in [5.74, 6) is 1.92. The van der Waals surface area contributed by atoms with E-state index < -0.39 is 0 Å². The fraction of sp³-hybridized carbons (Fsp3) is 0.250. The number of nitrogen functional groups attached to an aromatic ring is 1. The van der Waals surface area contributed by atoms with E-state index in [2.05, 4.69) is 19.3 Å². The molecule has 0 aliphatic heterocycles. The molecule has 0 radical (unpaired) electrons. The van der Waals surface area contributed by atoms with Crippen molar-refractivity contribution in [2.75, 3.05) is 5.73 Å². The molecule has 2 N–H and O–H groups in total. The van der Waals surface area contributed by atoms with Gasteiger partial charge in [-0.1, -0.05) is 0 Å². The summed E-state index contributed by atoms with van der Waals surface area (Å²) in [5, 5.41) is 0.802. The van der Waals surface area contributed by atoms with Crippen LogP contribution in [0, 0.1) is 13.8 Å². The van der Waals surface area contributed by atoms with Gasteiger partial charge in [0.05, 0.1) is 0 Å². The third-order valence-electron chi connectivity index (χ3n) is 1.54. The molecule has 0 atom stereocenters. The van der Waals surface area contributed by atoms with Gasteiger partial charge in [0.2, 0.25) is 0 Å². The van der Waals surface area contributed by atoms with Gasteiger partial charge < -0.3 is 5.73 Å². The highest BCUT2D eigenvalue weighted by molar-refractivity contribution is 8.00. The van der Waals surface area contributed by atoms with Crippen LogP contribution >= 0.6 is 23.3 Å². The van der Waals surface area contributed by atoms with E-state index in [-0.39, 0.29) is 0 Å². The Morgan fingerprint density at radius 1 is 1.20 bits per heavy atom. The van der Waals surface area contributed by atoms with Crippen LogP contribution in [0.25, 0.3) is 0 Å². The fourth-order valence-corrected chi connectivity index (χ4v) is 2.68. The first kappa shape index (κ1) is 10.3. The highest BCUT2D eigenvalue weighted by Gasteiger charge is 2.05. The van der Waals surface area contributed by atoms with Gasteiger partial charge >= 0.3 is 0 Å². The lowest BCUT2D eigenvalue weighted by Gasteiger charge is -1.99. The summed E-state index contributed by atoms with van der Waals surface area (Å²) in [7, 11) is 0. The van der Waals surface area contributed by atoms with Crippen molar-refractivity contribution in [2.24, 2.45) is 0 Å². The minimum atomic E-state index is 0.478. The van der Waals surface area contributed by atoms with Crippen LogP contribution < -0.4 is 5.73 Å². The topological polar surface area (TPSA) is 77.6 Å². The Kier molecular flexibility index (Phi) is 2.83. The van der Waals surface area contributed by atoms with Crippen molar-refractivity contribution >= 4 is 29.1 Å². The van der Waals surface area contributed by atoms with Crippen LogP contribution in [0.3, 0.4) is 0 Å². The number of aromatic nitrogens is 4. The fourth-order valence-electron chi connectivity index (χ4n) is 1.02. The van der Waals surface area contributed by atoms with Crippen LogP contribution in [0.15, 0.2) is 15.4 Å². The third kappa shape index (κ3) is 2.63. The van der Waals surface area contributed by atoms with Crippen molar-refractivity contribution < 1.29 is 0 Å². The Morgan fingerprint density at radius 3 is 2.60 bits per heavy atom. The van der Waals surface area contributed by atoms with Crippen molar-refractivity contribution in [3.63, 3.8) is 0 Å². The van der Waals surface area contributed by atoms with Gasteiger partial charge in [-0.05, 0) is 37.1 Å². The van der Waals surface area contributed by atoms with E-state index in [1.54, 1.807) is 6.07 Å². The monoisotopic (exact) mass is 239 g/mol. The number of hydrogen-bond acceptors (Lipinski definition) is 7. The summed E-state index contributed by atoms with van der Waals surface area (Å²) in [5.41, 5.74) is 5.62. The van der Waals surface area contributed by atoms with E-state index in [0.717, 1.165) is 15.2 Å². The van der Waals surface area contributed by atoms with Gasteiger partial charge in [0.1, 0.15) is 22.5 Å². The van der Waals surface area contributed by atoms with E-state index >= 15 is 0 Å². The van der Waals surface area contributed by atoms with Crippen molar-refractivity contribution in [1.29, 1.82) is 0 Å². The maximum atomic E-state index is 5.62. The largest absolute Gasteiger partial charge is 0.384 e. The number of hydrogen-bond donors (Lipinski definition) is 1. The molecule has 2 aromatic rings. The van der Waals surface area contributed by atoms with Crippen LogP contribution in [0.1, 0.15) is 11.6 Å². The molecule has 0 unspecified atom stereocenters. The minimum absolute atomic E-state index is 0.478. The van der Waals surface area contributed by atoms with Gasteiger partial charge in [0.15, 0.2) is 4.34 Å². The van der Waals surface area contributed by atoms with Crippen LogP contribution in [0.4, 0.5) is 5.82 Å². The lowest BCUT2D eigenvalue weighted by atomic mass is 10.5. The average Bonchev–Trinajstić information content (AvgIpc) is 2.49. The molecule has 15 heavy (non-hydrogen) atoms. The van der Waals surface area contributed by atoms with Crippen LogP contribution in [-0.2, 0) is 0 Å². The van der Waals surface area contributed by atoms with Crippen molar-refractivity contribution in [2.45, 2.75) is 23.2 Å². The molecule has 78 valence electrons. The van der Waals surface area contributed by atoms with Crippen molar-refractivity contribution in [3.8, 4) is 0 Å². The number of nitrogens with zero attached hydrogens (tertiary/aromatic N) is 4. The summed E-state index contributed by atoms with van der Waals surface area (Å²) < 4.78 is 4.96. The summed E-state index contributed by atoms with van der Waals surface area (Å²) in [6.07, 6.45) is 0. The minimum Gasteiger partial charge on any atom is -0.384 e. The third-order valence-corrected chi connectivity index (χ3v) is 3.30. The molecule has 0 aromatic carbocycles. The Morgan fingerprint density at radius 2 is 2.00 bits per heavy atom. The molecule has 0 bridgehead atoms. The first-order valence-corrected chi connectivity index (χ1v) is 5.82. The Labute approximate surface area is 95.3 Å². The molecular formula is C8H9N5S2. The maximum Gasteiger partial charge on any atom is 0.176 e. The first-order chi connectivity index (χ1) is 7.13. The Bertz CT molecular complexity index is 461. The summed E-state index contributed by atoms with van der Waals surface area (Å²) in [6.45, 7) is 3.67. The van der Waals surface area contributed by atoms with E-state index in [1.807, 2.05) is 13.8 Å². The molecule has 0 saturated heterocycles. The van der Waals surface area contributed by atoms with Gasteiger partial charge in [-0.15, -0.1) is 0 Å². The second kappa shape index (κ2) is 4.11. The normalized spacial score (nSPS) is 10.5. The smallest absolute Gasteiger partial charge is 0.176 e. The highest BCUT2D eigenvalue weighted by Crippen LogP contribution is 2.27. The molecule has 0 fully saturated rings. The molecule has 2 rings (SSSR count). The zero-order valence-corrected chi connectivity index (χ0v) is 9.89. The molecule has 0 spiro atoms. The molecule has 7 heteroatoms. The predicted octanol–water partition coefficient (Wildman–Crippen LogP) is 1.68. The Balaban J connectivity index is 2.24. The van der Waals surface area contributed by atoms with Crippen LogP contribution in [0.5, 0.6) is 0 Å². The number of anilines is 1. The summed E-state index contributed by atoms with van der Waals surface area (Å²) in [6, 6.07) is 1.73. The quantitative estimate of drug-likeness (QED) is 0.803. The molecule has 0 amide bonds. The van der Waals surface area contributed by atoms with Gasteiger partial charge in [-0.3, -0.25) is 0 Å². The van der Waals surface area contributed by atoms with Crippen molar-refractivity contribution in [1.82, 2.24) is 19.3 Å². The first-order valence-electron chi connectivity index (χ1n) is 4.23. The average molecular weight is 239 g/mol. The van der Waals surface area contributed by atoms with Gasteiger partial charge in [-0.2, -0.15) is 4.37 Å². The number of nitrogens with two attached hydrogens (primary N) is 1. The van der Waals surface area contributed by atoms with Crippen molar-refractivity contribution in [3.05, 3.63) is 17.7 Å². The van der Waals surface area contributed by atoms with Crippen LogP contribution in [0.2, 0.25) is 0 Å². The zero-order chi connectivity index (χ0) is 10.8. The molecule has 2 aromatic heterocycles. The van der Waals surface area contributed by atoms with Gasteiger partial charge in [0, 0.05) is 6.07 Å². The van der Waals surface area contributed by atoms with Crippen LogP contribution in [-0.4, -0.2) is 19.3 Å². The predicted molar refractivity (Wildman–Crippen MR) is 60.0 cm³/mol. The van der Waals surface area contributed by atoms with Gasteiger partial charge in [0.25, 0.3) is 0 Å². The molecule has 2 heterocycles. The summed E-state index contributed by atoms with van der Waals surface area (Å²) >= 11 is 2.81. The second-order valence-corrected chi connectivity index (χ2v) is 4.91. The van der Waals surface area contributed by atoms with E-state index in [0.29, 0.717) is 11.6 Å². The molecule has 0 aliphatic carbocycles. The standard InChI is InChI=1S/C8H9N5S2/c1-4-10-6(9)3-7(11-4)14-8-12-5(2)13-15-8/h3H,1-2H3,(H2,9,10,11). The summed E-state index contributed by atoms with van der Waals surface area (Å²) in [4.78, 5) is 12.5. The highest BCUT2D eigenvalue weighted by atomic mass is 32.2. The molecule has 0 aliphatic rings. The zero-order valence-electron chi connectivity index (χ0n) is 8.26. The lowest BCUT2D eigenvalue weighted by Crippen LogP contribution is -1.96. The number of rotatable bonds is 2. The molecule has 0 saturated carbocycles. The maximum absolute atomic E-state index is 5.62. The second-order valence-electron chi connectivity index (χ2n) is 2.89. The molecular weight excluding hydrogens is 230 g/mol. The van der Waals surface area contributed by atoms with Gasteiger partial charge in [-0.25, -0.2) is 15.0 Å². The molecule has 5 nitrogen and oxygen atoms in total. The van der Waals surface area contributed by atoms with E-state index in [4.69, 9.17) is 5.73 Å². The SMILES string of the molecule is Cc1nc(N)cc(Sc2nc(C)ns2)n1. The number of aryl methyl sites for hydroxylation is 2. The lowest BCUT2D eigenvalue weighted by molar-refractivity contribution is 0.973. The van der Waals surface area contributed by atoms with E-state index in [1.165, 1.54) is 23.3 Å². The van der Waals surface area contributed by atoms with E-state index in [9.17, 15) is 0 Å². The Hall–Kier alpha value is -1.21.